The van der Waals surface area contributed by atoms with Gasteiger partial charge in [-0.05, 0) is 11.4 Å². The van der Waals surface area contributed by atoms with Crippen LogP contribution >= 0.6 is 11.3 Å². The van der Waals surface area contributed by atoms with Crippen LogP contribution in [0.3, 0.4) is 0 Å². The highest BCUT2D eigenvalue weighted by Crippen LogP contribution is 2.26. The first kappa shape index (κ1) is 8.20. The van der Waals surface area contributed by atoms with E-state index in [9.17, 15) is 0 Å². The van der Waals surface area contributed by atoms with Crippen LogP contribution in [0.5, 0.6) is 0 Å². The van der Waals surface area contributed by atoms with Gasteiger partial charge in [-0.15, -0.1) is 11.3 Å². The van der Waals surface area contributed by atoms with E-state index in [1.54, 1.807) is 11.3 Å². The van der Waals surface area contributed by atoms with Crippen molar-refractivity contribution in [2.75, 3.05) is 6.61 Å². The molecule has 0 unspecified atom stereocenters. The Labute approximate surface area is 86.0 Å². The molecule has 72 valence electrons. The summed E-state index contributed by atoms with van der Waals surface area (Å²) in [6.45, 7) is 2.36. The highest BCUT2D eigenvalue weighted by atomic mass is 32.1. The summed E-state index contributed by atoms with van der Waals surface area (Å²) in [5.74, 6) is 1.04. The van der Waals surface area contributed by atoms with Gasteiger partial charge in [-0.3, -0.25) is 0 Å². The van der Waals surface area contributed by atoms with Crippen LogP contribution in [0.1, 0.15) is 5.82 Å². The summed E-state index contributed by atoms with van der Waals surface area (Å²) < 4.78 is 7.59. The number of ether oxygens (including phenoxy) is 1. The van der Waals surface area contributed by atoms with Gasteiger partial charge in [0, 0.05) is 6.54 Å². The van der Waals surface area contributed by atoms with Crippen molar-refractivity contribution in [3.8, 4) is 10.6 Å². The molecule has 0 amide bonds. The van der Waals surface area contributed by atoms with Gasteiger partial charge in [0.1, 0.15) is 12.4 Å². The topological polar surface area (TPSA) is 27.1 Å². The van der Waals surface area contributed by atoms with Gasteiger partial charge in [0.15, 0.2) is 0 Å². The monoisotopic (exact) mass is 206 g/mol. The molecule has 0 aromatic carbocycles. The van der Waals surface area contributed by atoms with Crippen LogP contribution in [-0.4, -0.2) is 16.2 Å². The highest BCUT2D eigenvalue weighted by molar-refractivity contribution is 7.13. The molecule has 0 fully saturated rings. The Bertz CT molecular complexity index is 433. The number of imidazole rings is 1. The third-order valence-corrected chi connectivity index (χ3v) is 3.29. The van der Waals surface area contributed by atoms with Gasteiger partial charge in [0.25, 0.3) is 0 Å². The van der Waals surface area contributed by atoms with E-state index in [0.29, 0.717) is 6.61 Å². The lowest BCUT2D eigenvalue weighted by molar-refractivity contribution is 0.0822. The number of fused-ring (bicyclic) bond motifs is 1. The molecule has 3 nitrogen and oxygen atoms in total. The number of hydrogen-bond donors (Lipinski definition) is 0. The van der Waals surface area contributed by atoms with Gasteiger partial charge in [-0.25, -0.2) is 4.98 Å². The van der Waals surface area contributed by atoms with Crippen LogP contribution < -0.4 is 0 Å². The number of hydrogen-bond acceptors (Lipinski definition) is 3. The van der Waals surface area contributed by atoms with E-state index >= 15 is 0 Å². The van der Waals surface area contributed by atoms with Crippen LogP contribution in [0, 0.1) is 0 Å². The fourth-order valence-electron chi connectivity index (χ4n) is 1.72. The summed E-state index contributed by atoms with van der Waals surface area (Å²) in [6, 6.07) is 4.20. The Morgan fingerprint density at radius 1 is 1.50 bits per heavy atom. The molecular weight excluding hydrogens is 196 g/mol. The van der Waals surface area contributed by atoms with E-state index in [1.807, 2.05) is 6.20 Å². The lowest BCUT2D eigenvalue weighted by atomic mass is 10.3. The molecule has 14 heavy (non-hydrogen) atoms. The molecule has 1 aliphatic heterocycles. The zero-order valence-electron chi connectivity index (χ0n) is 7.64. The van der Waals surface area contributed by atoms with Gasteiger partial charge in [-0.2, -0.15) is 0 Å². The van der Waals surface area contributed by atoms with E-state index < -0.39 is 0 Å². The van der Waals surface area contributed by atoms with E-state index in [4.69, 9.17) is 4.74 Å². The maximum Gasteiger partial charge on any atom is 0.135 e. The second-order valence-corrected chi connectivity index (χ2v) is 4.19. The van der Waals surface area contributed by atoms with Crippen molar-refractivity contribution in [2.45, 2.75) is 13.2 Å². The summed E-state index contributed by atoms with van der Waals surface area (Å²) in [7, 11) is 0. The molecule has 3 rings (SSSR count). The second-order valence-electron chi connectivity index (χ2n) is 3.24. The first-order valence-electron chi connectivity index (χ1n) is 4.61. The average molecular weight is 206 g/mol. The Morgan fingerprint density at radius 2 is 2.50 bits per heavy atom. The Balaban J connectivity index is 2.11. The predicted octanol–water partition coefficient (Wildman–Crippen LogP) is 2.14. The number of thiophene rings is 1. The van der Waals surface area contributed by atoms with E-state index in [-0.39, 0.29) is 0 Å². The van der Waals surface area contributed by atoms with Crippen LogP contribution in [0.4, 0.5) is 0 Å². The van der Waals surface area contributed by atoms with E-state index in [1.165, 1.54) is 10.6 Å². The SMILES string of the molecule is c1csc(-c2cnc3n2CCOC3)c1. The molecule has 2 aromatic heterocycles. The molecule has 3 heterocycles. The molecule has 2 aromatic rings. The smallest absolute Gasteiger partial charge is 0.135 e. The van der Waals surface area contributed by atoms with Crippen molar-refractivity contribution >= 4 is 11.3 Å². The summed E-state index contributed by atoms with van der Waals surface area (Å²) >= 11 is 1.75. The van der Waals surface area contributed by atoms with Crippen molar-refractivity contribution in [3.05, 3.63) is 29.5 Å². The maximum atomic E-state index is 5.35. The van der Waals surface area contributed by atoms with Crippen molar-refractivity contribution in [2.24, 2.45) is 0 Å². The van der Waals surface area contributed by atoms with Crippen LogP contribution in [0.2, 0.25) is 0 Å². The average Bonchev–Trinajstić information content (AvgIpc) is 2.85. The van der Waals surface area contributed by atoms with Crippen molar-refractivity contribution in [1.82, 2.24) is 9.55 Å². The van der Waals surface area contributed by atoms with E-state index in [0.717, 1.165) is 19.0 Å². The third kappa shape index (κ3) is 1.19. The Kier molecular flexibility index (Phi) is 1.89. The van der Waals surface area contributed by atoms with Crippen molar-refractivity contribution in [3.63, 3.8) is 0 Å². The first-order valence-corrected chi connectivity index (χ1v) is 5.49. The molecule has 0 bridgehead atoms. The van der Waals surface area contributed by atoms with Gasteiger partial charge < -0.3 is 9.30 Å². The quantitative estimate of drug-likeness (QED) is 0.714. The van der Waals surface area contributed by atoms with Crippen LogP contribution in [0.15, 0.2) is 23.7 Å². The zero-order chi connectivity index (χ0) is 9.38. The number of nitrogens with zero attached hydrogens (tertiary/aromatic N) is 2. The minimum Gasteiger partial charge on any atom is -0.372 e. The summed E-state index contributed by atoms with van der Waals surface area (Å²) in [4.78, 5) is 5.64. The fraction of sp³-hybridized carbons (Fsp3) is 0.300. The van der Waals surface area contributed by atoms with Crippen molar-refractivity contribution in [1.29, 1.82) is 0 Å². The van der Waals surface area contributed by atoms with Gasteiger partial charge in [-0.1, -0.05) is 6.07 Å². The predicted molar refractivity (Wildman–Crippen MR) is 55.2 cm³/mol. The number of aromatic nitrogens is 2. The van der Waals surface area contributed by atoms with Crippen LogP contribution in [0.25, 0.3) is 10.6 Å². The highest BCUT2D eigenvalue weighted by Gasteiger charge is 2.15. The minimum absolute atomic E-state index is 0.644. The molecule has 0 radical (unpaired) electrons. The molecule has 0 atom stereocenters. The molecule has 1 aliphatic rings. The van der Waals surface area contributed by atoms with Gasteiger partial charge in [0.05, 0.1) is 23.4 Å². The lowest BCUT2D eigenvalue weighted by Gasteiger charge is -2.16. The first-order chi connectivity index (χ1) is 6.95. The minimum atomic E-state index is 0.644. The zero-order valence-corrected chi connectivity index (χ0v) is 8.46. The third-order valence-electron chi connectivity index (χ3n) is 2.40. The molecular formula is C10H10N2OS. The molecule has 0 saturated carbocycles. The second kappa shape index (κ2) is 3.22. The largest absolute Gasteiger partial charge is 0.372 e. The summed E-state index contributed by atoms with van der Waals surface area (Å²) in [5.41, 5.74) is 1.22. The van der Waals surface area contributed by atoms with Crippen molar-refractivity contribution < 1.29 is 4.74 Å². The molecule has 0 aliphatic carbocycles. The van der Waals surface area contributed by atoms with Gasteiger partial charge >= 0.3 is 0 Å². The maximum absolute atomic E-state index is 5.35. The van der Waals surface area contributed by atoms with Gasteiger partial charge in [0.2, 0.25) is 0 Å². The molecule has 0 spiro atoms. The molecule has 4 heteroatoms. The standard InChI is InChI=1S/C10H10N2OS/c1-2-9(14-5-1)8-6-11-10-7-13-4-3-12(8)10/h1-2,5-6H,3-4,7H2. The fourth-order valence-corrected chi connectivity index (χ4v) is 2.46. The number of rotatable bonds is 1. The summed E-state index contributed by atoms with van der Waals surface area (Å²) in [5, 5.41) is 2.09. The van der Waals surface area contributed by atoms with E-state index in [2.05, 4.69) is 27.1 Å². The molecule has 0 N–H and O–H groups in total. The Morgan fingerprint density at radius 3 is 3.36 bits per heavy atom. The lowest BCUT2D eigenvalue weighted by Crippen LogP contribution is -2.17. The molecule has 0 saturated heterocycles. The Hall–Kier alpha value is -1.13. The normalized spacial score (nSPS) is 15.4. The van der Waals surface area contributed by atoms with Crippen LogP contribution in [-0.2, 0) is 17.9 Å². The summed E-state index contributed by atoms with van der Waals surface area (Å²) in [6.07, 6.45) is 1.94.